The zero-order chi connectivity index (χ0) is 14.5. The molecule has 0 aliphatic heterocycles. The minimum absolute atomic E-state index is 0.273. The summed E-state index contributed by atoms with van der Waals surface area (Å²) in [6.45, 7) is 4.14. The summed E-state index contributed by atoms with van der Waals surface area (Å²) in [5, 5.41) is 9.22. The van der Waals surface area contributed by atoms with Gasteiger partial charge in [0.05, 0.1) is 5.56 Å². The molecule has 5 nitrogen and oxygen atoms in total. The Balaban J connectivity index is 2.48. The first kappa shape index (κ1) is 14.2. The van der Waals surface area contributed by atoms with Crippen molar-refractivity contribution < 1.29 is 9.90 Å². The first-order chi connectivity index (χ1) is 9.65. The Morgan fingerprint density at radius 2 is 2.00 bits per heavy atom. The van der Waals surface area contributed by atoms with E-state index in [1.165, 1.54) is 0 Å². The lowest BCUT2D eigenvalue weighted by Crippen LogP contribution is -2.08. The van der Waals surface area contributed by atoms with Gasteiger partial charge in [-0.15, -0.1) is 0 Å². The predicted octanol–water partition coefficient (Wildman–Crippen LogP) is 2.87. The van der Waals surface area contributed by atoms with Crippen molar-refractivity contribution in [2.24, 2.45) is 0 Å². The molecule has 0 saturated heterocycles. The second kappa shape index (κ2) is 6.32. The minimum atomic E-state index is -0.928. The maximum atomic E-state index is 11.2. The predicted molar refractivity (Wildman–Crippen MR) is 76.3 cm³/mol. The van der Waals surface area contributed by atoms with Crippen molar-refractivity contribution in [3.8, 4) is 5.82 Å². The fourth-order valence-corrected chi connectivity index (χ4v) is 2.15. The molecule has 0 atom stereocenters. The minimum Gasteiger partial charge on any atom is -0.478 e. The molecule has 20 heavy (non-hydrogen) atoms. The van der Waals surface area contributed by atoms with Gasteiger partial charge in [0.2, 0.25) is 0 Å². The van der Waals surface area contributed by atoms with Crippen LogP contribution in [0.25, 0.3) is 5.82 Å². The van der Waals surface area contributed by atoms with Gasteiger partial charge in [0.25, 0.3) is 0 Å². The van der Waals surface area contributed by atoms with Crippen molar-refractivity contribution in [3.05, 3.63) is 41.6 Å². The van der Waals surface area contributed by atoms with Crippen LogP contribution >= 0.6 is 0 Å². The number of nitrogens with zero attached hydrogens (tertiary/aromatic N) is 3. The quantitative estimate of drug-likeness (QED) is 0.878. The molecule has 0 amide bonds. The largest absolute Gasteiger partial charge is 0.478 e. The third-order valence-electron chi connectivity index (χ3n) is 3.06. The summed E-state index contributed by atoms with van der Waals surface area (Å²) in [6.07, 6.45) is 7.08. The second-order valence-electron chi connectivity index (χ2n) is 4.72. The molecule has 0 fully saturated rings. The molecule has 106 valence electrons. The zero-order valence-electron chi connectivity index (χ0n) is 11.8. The monoisotopic (exact) mass is 273 g/mol. The maximum Gasteiger partial charge on any atom is 0.335 e. The van der Waals surface area contributed by atoms with E-state index in [1.807, 2.05) is 10.8 Å². The average molecular weight is 273 g/mol. The van der Waals surface area contributed by atoms with Gasteiger partial charge in [-0.1, -0.05) is 20.3 Å². The van der Waals surface area contributed by atoms with E-state index in [0.717, 1.165) is 37.2 Å². The molecule has 0 spiro atoms. The van der Waals surface area contributed by atoms with Gasteiger partial charge >= 0.3 is 5.97 Å². The molecular formula is C15H19N3O2. The first-order valence-electron chi connectivity index (χ1n) is 6.92. The van der Waals surface area contributed by atoms with Crippen LogP contribution in [0.2, 0.25) is 0 Å². The lowest BCUT2D eigenvalue weighted by molar-refractivity contribution is 0.0696. The van der Waals surface area contributed by atoms with E-state index >= 15 is 0 Å². The number of aromatic carboxylic acids is 1. The van der Waals surface area contributed by atoms with E-state index in [4.69, 9.17) is 0 Å². The van der Waals surface area contributed by atoms with Crippen molar-refractivity contribution in [2.75, 3.05) is 0 Å². The van der Waals surface area contributed by atoms with Crippen molar-refractivity contribution >= 4 is 5.97 Å². The molecule has 0 aliphatic carbocycles. The molecule has 0 aromatic carbocycles. The lowest BCUT2D eigenvalue weighted by Gasteiger charge is -2.09. The van der Waals surface area contributed by atoms with Crippen molar-refractivity contribution in [2.45, 2.75) is 39.5 Å². The van der Waals surface area contributed by atoms with E-state index < -0.39 is 5.97 Å². The fourth-order valence-electron chi connectivity index (χ4n) is 2.15. The molecule has 2 aromatic rings. The Labute approximate surface area is 118 Å². The lowest BCUT2D eigenvalue weighted by atomic mass is 10.1. The summed E-state index contributed by atoms with van der Waals surface area (Å²) in [4.78, 5) is 20.1. The summed E-state index contributed by atoms with van der Waals surface area (Å²) in [5.41, 5.74) is 1.08. The topological polar surface area (TPSA) is 68.0 Å². The summed E-state index contributed by atoms with van der Waals surface area (Å²) in [5.74, 6) is 0.613. The SMILES string of the molecule is CCCc1cc(C(=O)O)cc(-n2ccnc2CCC)n1. The van der Waals surface area contributed by atoms with E-state index in [0.29, 0.717) is 5.82 Å². The highest BCUT2D eigenvalue weighted by Crippen LogP contribution is 2.15. The maximum absolute atomic E-state index is 11.2. The van der Waals surface area contributed by atoms with Gasteiger partial charge in [0, 0.05) is 24.5 Å². The van der Waals surface area contributed by atoms with Crippen LogP contribution in [0.4, 0.5) is 0 Å². The average Bonchev–Trinajstić information content (AvgIpc) is 2.87. The summed E-state index contributed by atoms with van der Waals surface area (Å²) >= 11 is 0. The van der Waals surface area contributed by atoms with Gasteiger partial charge in [-0.05, 0) is 25.0 Å². The van der Waals surface area contributed by atoms with Crippen LogP contribution in [-0.4, -0.2) is 25.6 Å². The number of rotatable bonds is 6. The summed E-state index contributed by atoms with van der Waals surface area (Å²) < 4.78 is 1.87. The van der Waals surface area contributed by atoms with Gasteiger partial charge in [-0.3, -0.25) is 4.57 Å². The molecule has 2 rings (SSSR count). The Morgan fingerprint density at radius 1 is 1.25 bits per heavy atom. The Bertz CT molecular complexity index is 605. The van der Waals surface area contributed by atoms with Gasteiger partial charge < -0.3 is 5.11 Å². The fraction of sp³-hybridized carbons (Fsp3) is 0.400. The van der Waals surface area contributed by atoms with Crippen molar-refractivity contribution in [1.29, 1.82) is 0 Å². The van der Waals surface area contributed by atoms with E-state index in [-0.39, 0.29) is 5.56 Å². The van der Waals surface area contributed by atoms with Crippen LogP contribution in [0.15, 0.2) is 24.5 Å². The number of imidazole rings is 1. The standard InChI is InChI=1S/C15H19N3O2/c1-3-5-12-9-11(15(19)20)10-14(17-12)18-8-7-16-13(18)6-4-2/h7-10H,3-6H2,1-2H3,(H,19,20). The van der Waals surface area contributed by atoms with Crippen LogP contribution in [0, 0.1) is 0 Å². The van der Waals surface area contributed by atoms with Crippen LogP contribution < -0.4 is 0 Å². The van der Waals surface area contributed by atoms with Crippen molar-refractivity contribution in [1.82, 2.24) is 14.5 Å². The van der Waals surface area contributed by atoms with E-state index in [1.54, 1.807) is 18.3 Å². The number of carboxylic acids is 1. The number of carbonyl (C=O) groups is 1. The van der Waals surface area contributed by atoms with Crippen LogP contribution in [0.5, 0.6) is 0 Å². The van der Waals surface area contributed by atoms with Gasteiger partial charge in [0.15, 0.2) is 0 Å². The third kappa shape index (κ3) is 3.04. The molecule has 0 unspecified atom stereocenters. The Kier molecular flexibility index (Phi) is 4.50. The number of pyridine rings is 1. The molecular weight excluding hydrogens is 254 g/mol. The number of hydrogen-bond acceptors (Lipinski definition) is 3. The molecule has 0 bridgehead atoms. The van der Waals surface area contributed by atoms with Crippen LogP contribution in [0.1, 0.15) is 48.6 Å². The van der Waals surface area contributed by atoms with E-state index in [2.05, 4.69) is 23.8 Å². The van der Waals surface area contributed by atoms with Crippen molar-refractivity contribution in [3.63, 3.8) is 0 Å². The smallest absolute Gasteiger partial charge is 0.335 e. The number of hydrogen-bond donors (Lipinski definition) is 1. The Morgan fingerprint density at radius 3 is 2.65 bits per heavy atom. The van der Waals surface area contributed by atoms with Gasteiger partial charge in [-0.25, -0.2) is 14.8 Å². The number of aryl methyl sites for hydroxylation is 2. The third-order valence-corrected chi connectivity index (χ3v) is 3.06. The molecule has 0 radical (unpaired) electrons. The molecule has 1 N–H and O–H groups in total. The molecule has 2 heterocycles. The molecule has 0 saturated carbocycles. The number of carboxylic acid groups (broad SMARTS) is 1. The first-order valence-corrected chi connectivity index (χ1v) is 6.92. The highest BCUT2D eigenvalue weighted by molar-refractivity contribution is 5.88. The zero-order valence-corrected chi connectivity index (χ0v) is 11.8. The number of aromatic nitrogens is 3. The summed E-state index contributed by atoms with van der Waals surface area (Å²) in [6, 6.07) is 3.24. The normalized spacial score (nSPS) is 10.7. The molecule has 0 aliphatic rings. The molecule has 5 heteroatoms. The van der Waals surface area contributed by atoms with Gasteiger partial charge in [-0.2, -0.15) is 0 Å². The van der Waals surface area contributed by atoms with Crippen LogP contribution in [0.3, 0.4) is 0 Å². The van der Waals surface area contributed by atoms with E-state index in [9.17, 15) is 9.90 Å². The van der Waals surface area contributed by atoms with Crippen LogP contribution in [-0.2, 0) is 12.8 Å². The second-order valence-corrected chi connectivity index (χ2v) is 4.72. The highest BCUT2D eigenvalue weighted by Gasteiger charge is 2.11. The van der Waals surface area contributed by atoms with Gasteiger partial charge in [0.1, 0.15) is 11.6 Å². The Hall–Kier alpha value is -2.17. The highest BCUT2D eigenvalue weighted by atomic mass is 16.4. The molecule has 2 aromatic heterocycles. The summed E-state index contributed by atoms with van der Waals surface area (Å²) in [7, 11) is 0.